The van der Waals surface area contributed by atoms with Gasteiger partial charge in [0.2, 0.25) is 0 Å². The van der Waals surface area contributed by atoms with E-state index in [1.165, 1.54) is 0 Å². The summed E-state index contributed by atoms with van der Waals surface area (Å²) in [5, 5.41) is 13.1. The monoisotopic (exact) mass is 524 g/mol. The number of hydrogen-bond donors (Lipinski definition) is 4. The smallest absolute Gasteiger partial charge is 0.317 e. The Bertz CT molecular complexity index is 426. The molecule has 0 bridgehead atoms. The second kappa shape index (κ2) is 14.8. The summed E-state index contributed by atoms with van der Waals surface area (Å²) < 4.78 is 28.4. The highest BCUT2D eigenvalue weighted by molar-refractivity contribution is 6.93. The third-order valence-electron chi connectivity index (χ3n) is 5.96. The second-order valence-corrected chi connectivity index (χ2v) is 24.1. The lowest BCUT2D eigenvalue weighted by Crippen LogP contribution is -2.67. The molecule has 32 heavy (non-hydrogen) atoms. The maximum absolute atomic E-state index is 7.10. The van der Waals surface area contributed by atoms with Crippen molar-refractivity contribution in [3.8, 4) is 0 Å². The molecule has 1 fully saturated rings. The molecule has 0 spiro atoms. The van der Waals surface area contributed by atoms with Crippen LogP contribution in [0, 0.1) is 0 Å². The summed E-state index contributed by atoms with van der Waals surface area (Å²) in [4.78, 5) is 0. The zero-order valence-electron chi connectivity index (χ0n) is 22.1. The van der Waals surface area contributed by atoms with Crippen molar-refractivity contribution in [3.05, 3.63) is 0 Å². The van der Waals surface area contributed by atoms with E-state index in [2.05, 4.69) is 47.5 Å². The maximum Gasteiger partial charge on any atom is 0.317 e. The fourth-order valence-electron chi connectivity index (χ4n) is 4.66. The van der Waals surface area contributed by atoms with Crippen molar-refractivity contribution in [1.82, 2.24) is 21.3 Å². The standard InChI is InChI=1S/C20H52N4O4Si4/c1-21-13-9-17-29(5)25-30(6,18-10-14-22-2)27-32(8,20-12-16-24-4)28-31(7,26-29)19-11-15-23-3/h21-24H,9-20H2,1-8H3. The normalized spacial score (nSPS) is 33.8. The minimum atomic E-state index is -2.45. The highest BCUT2D eigenvalue weighted by Crippen LogP contribution is 2.38. The van der Waals surface area contributed by atoms with E-state index in [0.717, 1.165) is 76.0 Å². The third kappa shape index (κ3) is 11.3. The Morgan fingerprint density at radius 3 is 0.750 bits per heavy atom. The maximum atomic E-state index is 7.10. The van der Waals surface area contributed by atoms with Crippen LogP contribution >= 0.6 is 0 Å². The zero-order chi connectivity index (χ0) is 24.1. The molecule has 0 atom stereocenters. The Labute approximate surface area is 202 Å². The van der Waals surface area contributed by atoms with Gasteiger partial charge in [-0.15, -0.1) is 0 Å². The van der Waals surface area contributed by atoms with Crippen LogP contribution in [0.5, 0.6) is 0 Å². The molecule has 12 heteroatoms. The van der Waals surface area contributed by atoms with Gasteiger partial charge in [-0.05, 0) is 130 Å². The summed E-state index contributed by atoms with van der Waals surface area (Å²) in [5.41, 5.74) is 0. The van der Waals surface area contributed by atoms with E-state index >= 15 is 0 Å². The molecular formula is C20H52N4O4Si4. The summed E-state index contributed by atoms with van der Waals surface area (Å²) >= 11 is 0. The van der Waals surface area contributed by atoms with E-state index < -0.39 is 34.2 Å². The van der Waals surface area contributed by atoms with Gasteiger partial charge in [0.1, 0.15) is 0 Å². The molecule has 0 aromatic heterocycles. The Balaban J connectivity index is 3.21. The van der Waals surface area contributed by atoms with Crippen LogP contribution in [0.15, 0.2) is 0 Å². The molecule has 1 heterocycles. The van der Waals surface area contributed by atoms with Crippen molar-refractivity contribution in [2.45, 2.75) is 76.0 Å². The minimum absolute atomic E-state index is 0.974. The van der Waals surface area contributed by atoms with Crippen LogP contribution in [0.25, 0.3) is 0 Å². The summed E-state index contributed by atoms with van der Waals surface area (Å²) in [6.45, 7) is 12.9. The summed E-state index contributed by atoms with van der Waals surface area (Å²) in [6.07, 6.45) is 4.21. The average Bonchev–Trinajstić information content (AvgIpc) is 2.67. The first kappa shape index (κ1) is 30.6. The van der Waals surface area contributed by atoms with Gasteiger partial charge in [0.25, 0.3) is 0 Å². The summed E-state index contributed by atoms with van der Waals surface area (Å²) in [5.74, 6) is 0. The van der Waals surface area contributed by atoms with E-state index in [0.29, 0.717) is 0 Å². The SMILES string of the molecule is CNCCC[Si]1(C)O[Si](C)(CCCNC)O[Si](C)(CCCNC)O[Si](C)(CCCNC)O1. The van der Waals surface area contributed by atoms with Gasteiger partial charge in [0.15, 0.2) is 0 Å². The van der Waals surface area contributed by atoms with Crippen LogP contribution in [-0.4, -0.2) is 88.6 Å². The molecule has 1 saturated heterocycles. The van der Waals surface area contributed by atoms with Crippen molar-refractivity contribution in [1.29, 1.82) is 0 Å². The first-order valence-electron chi connectivity index (χ1n) is 12.5. The quantitative estimate of drug-likeness (QED) is 0.181. The lowest BCUT2D eigenvalue weighted by atomic mass is 10.5. The molecule has 0 radical (unpaired) electrons. The van der Waals surface area contributed by atoms with E-state index in [4.69, 9.17) is 16.5 Å². The number of hydrogen-bond acceptors (Lipinski definition) is 8. The van der Waals surface area contributed by atoms with Crippen LogP contribution in [0.1, 0.15) is 25.7 Å². The molecule has 1 rings (SSSR count). The summed E-state index contributed by atoms with van der Waals surface area (Å²) in [6, 6.07) is 3.90. The first-order chi connectivity index (χ1) is 15.1. The van der Waals surface area contributed by atoms with Crippen molar-refractivity contribution in [2.24, 2.45) is 0 Å². The Kier molecular flexibility index (Phi) is 14.2. The molecule has 0 saturated carbocycles. The fourth-order valence-corrected chi connectivity index (χ4v) is 28.0. The van der Waals surface area contributed by atoms with Crippen LogP contribution in [0.4, 0.5) is 0 Å². The van der Waals surface area contributed by atoms with Crippen LogP contribution in [-0.2, 0) is 16.5 Å². The molecular weight excluding hydrogens is 473 g/mol. The van der Waals surface area contributed by atoms with Crippen molar-refractivity contribution < 1.29 is 16.5 Å². The molecule has 0 unspecified atom stereocenters. The molecule has 1 aliphatic rings. The number of rotatable bonds is 16. The van der Waals surface area contributed by atoms with E-state index in [9.17, 15) is 0 Å². The largest absolute Gasteiger partial charge is 0.416 e. The molecule has 192 valence electrons. The molecule has 0 aromatic rings. The fraction of sp³-hybridized carbons (Fsp3) is 1.00. The van der Waals surface area contributed by atoms with Gasteiger partial charge in [-0.25, -0.2) is 0 Å². The summed E-state index contributed by atoms with van der Waals surface area (Å²) in [7, 11) is -1.76. The Morgan fingerprint density at radius 1 is 0.406 bits per heavy atom. The van der Waals surface area contributed by atoms with Gasteiger partial charge < -0.3 is 37.7 Å². The van der Waals surface area contributed by atoms with Gasteiger partial charge in [0.05, 0.1) is 0 Å². The lowest BCUT2D eigenvalue weighted by molar-refractivity contribution is 0.220. The zero-order valence-corrected chi connectivity index (χ0v) is 26.1. The van der Waals surface area contributed by atoms with Gasteiger partial charge in [0, 0.05) is 0 Å². The molecule has 0 aromatic carbocycles. The van der Waals surface area contributed by atoms with Crippen LogP contribution < -0.4 is 21.3 Å². The van der Waals surface area contributed by atoms with Crippen LogP contribution in [0.2, 0.25) is 50.4 Å². The highest BCUT2D eigenvalue weighted by Gasteiger charge is 2.56. The second-order valence-electron chi connectivity index (χ2n) is 9.77. The molecule has 0 aliphatic carbocycles. The van der Waals surface area contributed by atoms with Gasteiger partial charge >= 0.3 is 34.2 Å². The molecule has 4 N–H and O–H groups in total. The first-order valence-corrected chi connectivity index (χ1v) is 22.6. The van der Waals surface area contributed by atoms with Crippen molar-refractivity contribution in [2.75, 3.05) is 54.4 Å². The van der Waals surface area contributed by atoms with Gasteiger partial charge in [-0.2, -0.15) is 0 Å². The van der Waals surface area contributed by atoms with Crippen LogP contribution in [0.3, 0.4) is 0 Å². The van der Waals surface area contributed by atoms with E-state index in [1.807, 2.05) is 28.2 Å². The van der Waals surface area contributed by atoms with Gasteiger partial charge in [-0.3, -0.25) is 0 Å². The number of nitrogens with one attached hydrogen (secondary N) is 4. The van der Waals surface area contributed by atoms with Crippen molar-refractivity contribution in [3.63, 3.8) is 0 Å². The topological polar surface area (TPSA) is 85.0 Å². The van der Waals surface area contributed by atoms with Gasteiger partial charge in [-0.1, -0.05) is 0 Å². The van der Waals surface area contributed by atoms with Crippen molar-refractivity contribution >= 4 is 34.2 Å². The Hall–Kier alpha value is 0.548. The molecule has 1 aliphatic heterocycles. The molecule has 8 nitrogen and oxygen atoms in total. The minimum Gasteiger partial charge on any atom is -0.416 e. The Morgan fingerprint density at radius 2 is 0.594 bits per heavy atom. The third-order valence-corrected chi connectivity index (χ3v) is 24.8. The lowest BCUT2D eigenvalue weighted by Gasteiger charge is -2.50. The highest BCUT2D eigenvalue weighted by atomic mass is 28.5. The predicted molar refractivity (Wildman–Crippen MR) is 144 cm³/mol. The predicted octanol–water partition coefficient (Wildman–Crippen LogP) is 2.79. The van der Waals surface area contributed by atoms with E-state index in [1.54, 1.807) is 0 Å². The molecule has 0 amide bonds. The van der Waals surface area contributed by atoms with E-state index in [-0.39, 0.29) is 0 Å². The average molecular weight is 525 g/mol.